The van der Waals surface area contributed by atoms with Crippen LogP contribution >= 0.6 is 11.6 Å². The smallest absolute Gasteiger partial charge is 0.319 e. The van der Waals surface area contributed by atoms with Gasteiger partial charge in [0.2, 0.25) is 0 Å². The monoisotopic (exact) mass is 369 g/mol. The number of urea groups is 1. The first kappa shape index (κ1) is 18.0. The number of carbonyl (C=O) groups is 2. The minimum atomic E-state index is -0.623. The fourth-order valence-electron chi connectivity index (χ4n) is 3.01. The summed E-state index contributed by atoms with van der Waals surface area (Å²) in [5, 5.41) is 8.90. The lowest BCUT2D eigenvalue weighted by molar-refractivity contribution is -0.113. The Morgan fingerprint density at radius 3 is 2.54 bits per heavy atom. The van der Waals surface area contributed by atoms with E-state index in [-0.39, 0.29) is 11.9 Å². The first-order valence-corrected chi connectivity index (χ1v) is 8.66. The van der Waals surface area contributed by atoms with Crippen LogP contribution in [0.3, 0.4) is 0 Å². The van der Waals surface area contributed by atoms with Gasteiger partial charge >= 0.3 is 6.03 Å². The van der Waals surface area contributed by atoms with Gasteiger partial charge in [-0.2, -0.15) is 0 Å². The van der Waals surface area contributed by atoms with Crippen LogP contribution in [0.2, 0.25) is 5.02 Å². The summed E-state index contributed by atoms with van der Waals surface area (Å²) >= 11 is 6.30. The maximum absolute atomic E-state index is 13.0. The first-order valence-electron chi connectivity index (χ1n) is 8.28. The van der Waals surface area contributed by atoms with Gasteiger partial charge in [0.25, 0.3) is 5.91 Å². The highest BCUT2D eigenvalue weighted by atomic mass is 35.5. The van der Waals surface area contributed by atoms with Crippen molar-refractivity contribution in [2.24, 2.45) is 0 Å². The third-order valence-electron chi connectivity index (χ3n) is 4.58. The number of benzene rings is 2. The number of rotatable bonds is 3. The Labute approximate surface area is 157 Å². The predicted octanol–water partition coefficient (Wildman–Crippen LogP) is 4.22. The zero-order valence-corrected chi connectivity index (χ0v) is 15.6. The van der Waals surface area contributed by atoms with E-state index in [4.69, 9.17) is 11.6 Å². The molecule has 1 atom stereocenters. The molecule has 26 heavy (non-hydrogen) atoms. The van der Waals surface area contributed by atoms with E-state index in [0.29, 0.717) is 21.9 Å². The summed E-state index contributed by atoms with van der Waals surface area (Å²) in [7, 11) is 0. The maximum atomic E-state index is 13.0. The fourth-order valence-corrected chi connectivity index (χ4v) is 3.26. The second-order valence-electron chi connectivity index (χ2n) is 6.29. The molecule has 0 saturated carbocycles. The summed E-state index contributed by atoms with van der Waals surface area (Å²) in [6.07, 6.45) is 0. The van der Waals surface area contributed by atoms with Gasteiger partial charge in [-0.25, -0.2) is 4.79 Å². The number of carbonyl (C=O) groups excluding carboxylic acids is 2. The van der Waals surface area contributed by atoms with Crippen molar-refractivity contribution in [1.29, 1.82) is 0 Å². The highest BCUT2D eigenvalue weighted by Crippen LogP contribution is 2.32. The molecule has 0 radical (unpaired) electrons. The largest absolute Gasteiger partial charge is 0.327 e. The molecule has 0 saturated heterocycles. The minimum Gasteiger partial charge on any atom is -0.327 e. The lowest BCUT2D eigenvalue weighted by Gasteiger charge is -2.29. The van der Waals surface area contributed by atoms with Crippen LogP contribution in [-0.2, 0) is 4.79 Å². The third-order valence-corrected chi connectivity index (χ3v) is 4.93. The molecular formula is C20H20ClN3O2. The Bertz CT molecular complexity index is 921. The Kier molecular flexibility index (Phi) is 5.00. The predicted molar refractivity (Wildman–Crippen MR) is 103 cm³/mol. The van der Waals surface area contributed by atoms with E-state index in [2.05, 4.69) is 16.0 Å². The van der Waals surface area contributed by atoms with Crippen molar-refractivity contribution in [3.05, 3.63) is 75.4 Å². The van der Waals surface area contributed by atoms with E-state index in [9.17, 15) is 9.59 Å². The Hall–Kier alpha value is -2.79. The second kappa shape index (κ2) is 7.22. The molecule has 0 bridgehead atoms. The number of allylic oxidation sites excluding steroid dienone is 1. The van der Waals surface area contributed by atoms with E-state index in [0.717, 1.165) is 16.8 Å². The van der Waals surface area contributed by atoms with Gasteiger partial charge in [-0.3, -0.25) is 4.79 Å². The Morgan fingerprint density at radius 1 is 1.08 bits per heavy atom. The van der Waals surface area contributed by atoms with Crippen LogP contribution in [0.15, 0.2) is 53.7 Å². The molecule has 3 rings (SSSR count). The number of hydrogen-bond acceptors (Lipinski definition) is 2. The molecule has 0 aromatic heterocycles. The molecule has 0 aliphatic carbocycles. The van der Waals surface area contributed by atoms with E-state index < -0.39 is 6.04 Å². The minimum absolute atomic E-state index is 0.284. The average Bonchev–Trinajstić information content (AvgIpc) is 2.58. The standard InChI is InChI=1S/C20H20ClN3O2/c1-11-7-6-10-16(12(11)2)23-19(25)17-13(3)22-20(26)24-18(17)14-8-4-5-9-15(14)21/h4-10,18H,1-3H3,(H,23,25)(H2,22,24,26)/t18-/m1/s1. The Morgan fingerprint density at radius 2 is 1.81 bits per heavy atom. The summed E-state index contributed by atoms with van der Waals surface area (Å²) in [6, 6.07) is 11.9. The zero-order chi connectivity index (χ0) is 18.8. The van der Waals surface area contributed by atoms with E-state index >= 15 is 0 Å². The topological polar surface area (TPSA) is 70.2 Å². The van der Waals surface area contributed by atoms with Gasteiger partial charge in [-0.1, -0.05) is 41.9 Å². The van der Waals surface area contributed by atoms with Crippen LogP contribution < -0.4 is 16.0 Å². The van der Waals surface area contributed by atoms with Crippen molar-refractivity contribution < 1.29 is 9.59 Å². The molecule has 0 unspecified atom stereocenters. The average molecular weight is 370 g/mol. The molecule has 1 heterocycles. The van der Waals surface area contributed by atoms with Gasteiger partial charge in [0.05, 0.1) is 11.6 Å². The lowest BCUT2D eigenvalue weighted by atomic mass is 9.94. The van der Waals surface area contributed by atoms with Gasteiger partial charge in [0, 0.05) is 16.4 Å². The summed E-state index contributed by atoms with van der Waals surface area (Å²) in [4.78, 5) is 25.0. The molecule has 2 aromatic carbocycles. The lowest BCUT2D eigenvalue weighted by Crippen LogP contribution is -2.46. The number of anilines is 1. The number of halogens is 1. The van der Waals surface area contributed by atoms with Crippen LogP contribution in [0.25, 0.3) is 0 Å². The molecule has 0 spiro atoms. The number of hydrogen-bond donors (Lipinski definition) is 3. The van der Waals surface area contributed by atoms with Gasteiger partial charge in [0.15, 0.2) is 0 Å². The van der Waals surface area contributed by atoms with Gasteiger partial charge < -0.3 is 16.0 Å². The third kappa shape index (κ3) is 3.44. The van der Waals surface area contributed by atoms with Gasteiger partial charge in [-0.15, -0.1) is 0 Å². The van der Waals surface area contributed by atoms with Crippen LogP contribution in [-0.4, -0.2) is 11.9 Å². The quantitative estimate of drug-likeness (QED) is 0.757. The highest BCUT2D eigenvalue weighted by molar-refractivity contribution is 6.31. The van der Waals surface area contributed by atoms with Crippen molar-refractivity contribution in [3.63, 3.8) is 0 Å². The number of nitrogens with one attached hydrogen (secondary N) is 3. The molecule has 134 valence electrons. The summed E-state index contributed by atoms with van der Waals surface area (Å²) in [6.45, 7) is 5.66. The molecule has 1 aliphatic rings. The molecule has 5 nitrogen and oxygen atoms in total. The molecule has 1 aliphatic heterocycles. The van der Waals surface area contributed by atoms with Crippen LogP contribution in [0.5, 0.6) is 0 Å². The molecule has 6 heteroatoms. The molecule has 3 amide bonds. The molecule has 0 fully saturated rings. The summed E-state index contributed by atoms with van der Waals surface area (Å²) in [5.74, 6) is -0.284. The highest BCUT2D eigenvalue weighted by Gasteiger charge is 2.32. The Balaban J connectivity index is 2.00. The van der Waals surface area contributed by atoms with E-state index in [1.54, 1.807) is 25.1 Å². The summed E-state index contributed by atoms with van der Waals surface area (Å²) < 4.78 is 0. The van der Waals surface area contributed by atoms with E-state index in [1.807, 2.05) is 38.1 Å². The van der Waals surface area contributed by atoms with Gasteiger partial charge in [0.1, 0.15) is 0 Å². The second-order valence-corrected chi connectivity index (χ2v) is 6.70. The van der Waals surface area contributed by atoms with E-state index in [1.165, 1.54) is 0 Å². The van der Waals surface area contributed by atoms with Crippen LogP contribution in [0.4, 0.5) is 10.5 Å². The van der Waals surface area contributed by atoms with Crippen LogP contribution in [0, 0.1) is 13.8 Å². The zero-order valence-electron chi connectivity index (χ0n) is 14.8. The van der Waals surface area contributed by atoms with Crippen molar-refractivity contribution in [1.82, 2.24) is 10.6 Å². The molecule has 2 aromatic rings. The van der Waals surface area contributed by atoms with Crippen molar-refractivity contribution in [2.45, 2.75) is 26.8 Å². The van der Waals surface area contributed by atoms with Crippen molar-refractivity contribution >= 4 is 29.2 Å². The molecular weight excluding hydrogens is 350 g/mol. The maximum Gasteiger partial charge on any atom is 0.319 e. The number of aryl methyl sites for hydroxylation is 1. The SMILES string of the molecule is CC1=C(C(=O)Nc2cccc(C)c2C)[C@@H](c2ccccc2Cl)NC(=O)N1. The normalized spacial score (nSPS) is 16.8. The fraction of sp³-hybridized carbons (Fsp3) is 0.200. The summed E-state index contributed by atoms with van der Waals surface area (Å²) in [5.41, 5.74) is 4.44. The number of amides is 3. The van der Waals surface area contributed by atoms with Crippen molar-refractivity contribution in [3.8, 4) is 0 Å². The van der Waals surface area contributed by atoms with Gasteiger partial charge in [-0.05, 0) is 49.6 Å². The van der Waals surface area contributed by atoms with Crippen LogP contribution in [0.1, 0.15) is 29.7 Å². The van der Waals surface area contributed by atoms with Crippen molar-refractivity contribution in [2.75, 3.05) is 5.32 Å². The first-order chi connectivity index (χ1) is 12.4. The molecule has 3 N–H and O–H groups in total.